The van der Waals surface area contributed by atoms with Crippen LogP contribution in [0.5, 0.6) is 0 Å². The summed E-state index contributed by atoms with van der Waals surface area (Å²) >= 11 is 1.55. The third-order valence-electron chi connectivity index (χ3n) is 6.95. The van der Waals surface area contributed by atoms with Crippen LogP contribution in [0.4, 0.5) is 5.69 Å². The molecule has 0 radical (unpaired) electrons. The van der Waals surface area contributed by atoms with E-state index in [9.17, 15) is 24.5 Å². The Morgan fingerprint density at radius 2 is 1.80 bits per heavy atom. The monoisotopic (exact) mass is 577 g/mol. The number of likely N-dealkylation sites (N-methyl/N-ethyl adjacent to an activating group) is 1. The van der Waals surface area contributed by atoms with Gasteiger partial charge in [-0.25, -0.2) is 0 Å². The van der Waals surface area contributed by atoms with E-state index >= 15 is 0 Å². The zero-order valence-electron chi connectivity index (χ0n) is 22.8. The minimum absolute atomic E-state index is 0.0636. The number of benzene rings is 2. The van der Waals surface area contributed by atoms with Gasteiger partial charge in [0.15, 0.2) is 0 Å². The molecule has 3 N–H and O–H groups in total. The molecular weight excluding hydrogens is 546 g/mol. The van der Waals surface area contributed by atoms with E-state index in [-0.39, 0.29) is 42.1 Å². The number of thiophene rings is 1. The second kappa shape index (κ2) is 12.7. The Morgan fingerprint density at radius 3 is 2.41 bits per heavy atom. The standard InChI is InChI=1S/C29H31N5O6S/c1-3-40-26(35)16-23-15-21-17-33(13-12-25(21)41-23)29(37)24(14-18-4-10-22(11-5-18)34(38)39)32(2)28(36)20-8-6-19(7-9-20)27(30)31/h4-11,15,24H,3,12-14,16-17H2,1-2H3,(H3,30,31)/t24-/m0/s1. The SMILES string of the molecule is CCOC(=O)Cc1cc2c(s1)CCN(C(=O)[C@H](Cc1ccc([N+](=O)[O-])cc1)N(C)C(=O)c1ccc(C(=N)N)cc1)C2. The summed E-state index contributed by atoms with van der Waals surface area (Å²) in [6.07, 6.45) is 0.969. The fourth-order valence-corrected chi connectivity index (χ4v) is 5.89. The van der Waals surface area contributed by atoms with Gasteiger partial charge < -0.3 is 20.3 Å². The molecule has 41 heavy (non-hydrogen) atoms. The number of nitrogen functional groups attached to an aromatic ring is 1. The minimum atomic E-state index is -0.879. The Bertz CT molecular complexity index is 1470. The molecule has 214 valence electrons. The van der Waals surface area contributed by atoms with Gasteiger partial charge in [0.1, 0.15) is 11.9 Å². The Kier molecular flexibility index (Phi) is 9.13. The van der Waals surface area contributed by atoms with Crippen molar-refractivity contribution in [3.05, 3.63) is 96.7 Å². The summed E-state index contributed by atoms with van der Waals surface area (Å²) in [4.78, 5) is 55.1. The summed E-state index contributed by atoms with van der Waals surface area (Å²) in [5.41, 5.74) is 7.92. The van der Waals surface area contributed by atoms with Crippen molar-refractivity contribution in [3.8, 4) is 0 Å². The van der Waals surface area contributed by atoms with Gasteiger partial charge in [-0.05, 0) is 42.7 Å². The predicted octanol–water partition coefficient (Wildman–Crippen LogP) is 3.31. The lowest BCUT2D eigenvalue weighted by Gasteiger charge is -2.34. The molecule has 0 aliphatic carbocycles. The third kappa shape index (κ3) is 6.95. The molecule has 2 aromatic carbocycles. The number of nitro benzene ring substituents is 1. The highest BCUT2D eigenvalue weighted by Gasteiger charge is 2.33. The van der Waals surface area contributed by atoms with E-state index < -0.39 is 11.0 Å². The molecule has 0 bridgehead atoms. The van der Waals surface area contributed by atoms with Gasteiger partial charge in [0.05, 0.1) is 18.0 Å². The first-order valence-electron chi connectivity index (χ1n) is 13.1. The van der Waals surface area contributed by atoms with Crippen LogP contribution in [-0.2, 0) is 40.1 Å². The molecule has 1 aliphatic heterocycles. The Balaban J connectivity index is 1.57. The molecule has 1 atom stereocenters. The second-order valence-corrected chi connectivity index (χ2v) is 10.9. The zero-order valence-corrected chi connectivity index (χ0v) is 23.6. The van der Waals surface area contributed by atoms with Crippen molar-refractivity contribution >= 4 is 40.6 Å². The molecule has 1 aliphatic rings. The van der Waals surface area contributed by atoms with Gasteiger partial charge in [0, 0.05) is 59.6 Å². The Hall–Kier alpha value is -4.58. The minimum Gasteiger partial charge on any atom is -0.466 e. The average Bonchev–Trinajstić information content (AvgIpc) is 3.36. The number of hydrogen-bond acceptors (Lipinski definition) is 8. The van der Waals surface area contributed by atoms with E-state index in [4.69, 9.17) is 15.9 Å². The molecule has 11 nitrogen and oxygen atoms in total. The van der Waals surface area contributed by atoms with Gasteiger partial charge in [0.25, 0.3) is 11.6 Å². The van der Waals surface area contributed by atoms with Crippen molar-refractivity contribution in [1.29, 1.82) is 5.41 Å². The number of amides is 2. The molecule has 2 heterocycles. The molecule has 12 heteroatoms. The van der Waals surface area contributed by atoms with Crippen molar-refractivity contribution in [2.24, 2.45) is 5.73 Å². The van der Waals surface area contributed by atoms with Crippen molar-refractivity contribution in [2.45, 2.75) is 38.8 Å². The quantitative estimate of drug-likeness (QED) is 0.123. The number of nitro groups is 1. The summed E-state index contributed by atoms with van der Waals surface area (Å²) in [7, 11) is 1.56. The summed E-state index contributed by atoms with van der Waals surface area (Å²) in [6, 6.07) is 13.3. The van der Waals surface area contributed by atoms with E-state index in [1.54, 1.807) is 66.6 Å². The summed E-state index contributed by atoms with van der Waals surface area (Å²) in [5, 5.41) is 18.7. The van der Waals surface area contributed by atoms with Crippen LogP contribution in [0, 0.1) is 15.5 Å². The normalized spacial score (nSPS) is 13.2. The molecule has 0 unspecified atom stereocenters. The molecule has 0 spiro atoms. The Morgan fingerprint density at radius 1 is 1.15 bits per heavy atom. The number of esters is 1. The predicted molar refractivity (Wildman–Crippen MR) is 154 cm³/mol. The van der Waals surface area contributed by atoms with Crippen LogP contribution in [0.1, 0.15) is 43.7 Å². The highest BCUT2D eigenvalue weighted by molar-refractivity contribution is 7.12. The highest BCUT2D eigenvalue weighted by atomic mass is 32.1. The Labute approximate surface area is 241 Å². The highest BCUT2D eigenvalue weighted by Crippen LogP contribution is 2.30. The lowest BCUT2D eigenvalue weighted by atomic mass is 10.0. The van der Waals surface area contributed by atoms with Crippen molar-refractivity contribution in [2.75, 3.05) is 20.2 Å². The molecule has 2 amide bonds. The van der Waals surface area contributed by atoms with Crippen molar-refractivity contribution < 1.29 is 24.0 Å². The van der Waals surface area contributed by atoms with Crippen LogP contribution >= 0.6 is 11.3 Å². The van der Waals surface area contributed by atoms with Crippen LogP contribution in [0.2, 0.25) is 0 Å². The van der Waals surface area contributed by atoms with Crippen LogP contribution in [-0.4, -0.2) is 64.6 Å². The van der Waals surface area contributed by atoms with E-state index in [0.29, 0.717) is 42.8 Å². The third-order valence-corrected chi connectivity index (χ3v) is 8.18. The number of carbonyl (C=O) groups excluding carboxylic acids is 3. The smallest absolute Gasteiger partial charge is 0.311 e. The maximum atomic E-state index is 14.0. The van der Waals surface area contributed by atoms with E-state index in [2.05, 4.69) is 0 Å². The zero-order chi connectivity index (χ0) is 29.7. The number of rotatable bonds is 10. The van der Waals surface area contributed by atoms with Crippen LogP contribution in [0.3, 0.4) is 0 Å². The average molecular weight is 578 g/mol. The first-order valence-corrected chi connectivity index (χ1v) is 13.9. The number of non-ortho nitro benzene ring substituents is 1. The number of hydrogen-bond donors (Lipinski definition) is 2. The number of nitrogens with zero attached hydrogens (tertiary/aromatic N) is 3. The maximum absolute atomic E-state index is 14.0. The van der Waals surface area contributed by atoms with Crippen molar-refractivity contribution in [1.82, 2.24) is 9.80 Å². The fraction of sp³-hybridized carbons (Fsp3) is 0.310. The first kappa shape index (κ1) is 29.4. The van der Waals surface area contributed by atoms with Crippen LogP contribution < -0.4 is 5.73 Å². The number of nitrogens with two attached hydrogens (primary N) is 1. The lowest BCUT2D eigenvalue weighted by molar-refractivity contribution is -0.384. The van der Waals surface area contributed by atoms with Gasteiger partial charge in [-0.3, -0.25) is 29.9 Å². The number of amidine groups is 1. The first-order chi connectivity index (χ1) is 19.6. The molecule has 3 aromatic rings. The van der Waals surface area contributed by atoms with E-state index in [1.807, 2.05) is 6.07 Å². The molecule has 0 saturated carbocycles. The van der Waals surface area contributed by atoms with Gasteiger partial charge >= 0.3 is 5.97 Å². The van der Waals surface area contributed by atoms with Gasteiger partial charge in [-0.2, -0.15) is 0 Å². The van der Waals surface area contributed by atoms with Crippen LogP contribution in [0.25, 0.3) is 0 Å². The lowest BCUT2D eigenvalue weighted by Crippen LogP contribution is -2.51. The summed E-state index contributed by atoms with van der Waals surface area (Å²) < 4.78 is 5.06. The van der Waals surface area contributed by atoms with Gasteiger partial charge in [-0.15, -0.1) is 11.3 Å². The second-order valence-electron chi connectivity index (χ2n) is 9.70. The topological polar surface area (TPSA) is 160 Å². The van der Waals surface area contributed by atoms with Gasteiger partial charge in [-0.1, -0.05) is 24.3 Å². The fourth-order valence-electron chi connectivity index (χ4n) is 4.74. The molecule has 1 aromatic heterocycles. The summed E-state index contributed by atoms with van der Waals surface area (Å²) in [6.45, 7) is 2.88. The van der Waals surface area contributed by atoms with E-state index in [1.165, 1.54) is 17.0 Å². The number of ether oxygens (including phenoxy) is 1. The van der Waals surface area contributed by atoms with Gasteiger partial charge in [0.2, 0.25) is 5.91 Å². The molecule has 0 fully saturated rings. The van der Waals surface area contributed by atoms with Crippen LogP contribution in [0.15, 0.2) is 54.6 Å². The maximum Gasteiger partial charge on any atom is 0.311 e. The van der Waals surface area contributed by atoms with Crippen molar-refractivity contribution in [3.63, 3.8) is 0 Å². The molecule has 0 saturated heterocycles. The number of fused-ring (bicyclic) bond motifs is 1. The molecule has 4 rings (SSSR count). The number of carbonyl (C=O) groups is 3. The molecular formula is C29H31N5O6S. The van der Waals surface area contributed by atoms with E-state index in [0.717, 1.165) is 15.3 Å². The summed E-state index contributed by atoms with van der Waals surface area (Å²) in [5.74, 6) is -1.04. The largest absolute Gasteiger partial charge is 0.466 e. The number of nitrogens with one attached hydrogen (secondary N) is 1.